The van der Waals surface area contributed by atoms with Crippen LogP contribution in [0.2, 0.25) is 0 Å². The van der Waals surface area contributed by atoms with E-state index in [1.165, 1.54) is 18.2 Å². The van der Waals surface area contributed by atoms with E-state index in [4.69, 9.17) is 29.4 Å². The van der Waals surface area contributed by atoms with Crippen molar-refractivity contribution in [2.75, 3.05) is 0 Å². The molecule has 0 aliphatic rings. The smallest absolute Gasteiger partial charge is 0.480 e. The van der Waals surface area contributed by atoms with Crippen molar-refractivity contribution in [2.24, 2.45) is 11.7 Å². The minimum absolute atomic E-state index is 0.0685. The molecule has 11 heteroatoms. The van der Waals surface area contributed by atoms with E-state index in [9.17, 15) is 24.3 Å². The second-order valence-electron chi connectivity index (χ2n) is 11.8. The Balaban J connectivity index is 3.34. The van der Waals surface area contributed by atoms with E-state index < -0.39 is 53.5 Å². The van der Waals surface area contributed by atoms with Gasteiger partial charge in [-0.2, -0.15) is 0 Å². The van der Waals surface area contributed by atoms with Crippen LogP contribution in [-0.4, -0.2) is 52.7 Å². The fraction of sp³-hybridized carbons (Fsp3) is 0.643. The van der Waals surface area contributed by atoms with Gasteiger partial charge in [0, 0.05) is 12.3 Å². The number of esters is 1. The molecule has 0 fully saturated rings. The number of ether oxygens (including phenoxy) is 5. The molecule has 1 aromatic rings. The van der Waals surface area contributed by atoms with Gasteiger partial charge in [0.1, 0.15) is 17.2 Å². The molecule has 220 valence electrons. The molecule has 0 saturated carbocycles. The molecule has 0 aromatic heterocycles. The zero-order valence-corrected chi connectivity index (χ0v) is 24.4. The summed E-state index contributed by atoms with van der Waals surface area (Å²) in [7, 11) is 0. The molecule has 0 saturated heterocycles. The van der Waals surface area contributed by atoms with Crippen LogP contribution in [0.3, 0.4) is 0 Å². The molecule has 3 N–H and O–H groups in total. The van der Waals surface area contributed by atoms with Gasteiger partial charge in [-0.1, -0.05) is 19.9 Å². The van der Waals surface area contributed by atoms with Crippen LogP contribution in [0.5, 0.6) is 11.5 Å². The Morgan fingerprint density at radius 3 is 1.85 bits per heavy atom. The van der Waals surface area contributed by atoms with Crippen LogP contribution in [0.25, 0.3) is 0 Å². The second kappa shape index (κ2) is 14.2. The highest BCUT2D eigenvalue weighted by atomic mass is 16.8. The summed E-state index contributed by atoms with van der Waals surface area (Å²) in [5.41, 5.74) is 4.65. The quantitative estimate of drug-likeness (QED) is 0.200. The summed E-state index contributed by atoms with van der Waals surface area (Å²) in [6.07, 6.45) is -1.80. The van der Waals surface area contributed by atoms with E-state index in [0.717, 1.165) is 0 Å². The summed E-state index contributed by atoms with van der Waals surface area (Å²) < 4.78 is 26.5. The minimum Gasteiger partial charge on any atom is -0.480 e. The summed E-state index contributed by atoms with van der Waals surface area (Å²) in [6.45, 7) is 15.5. The van der Waals surface area contributed by atoms with Crippen molar-refractivity contribution in [3.63, 3.8) is 0 Å². The molecule has 1 aromatic carbocycles. The van der Waals surface area contributed by atoms with Gasteiger partial charge in [-0.25, -0.2) is 9.59 Å². The van der Waals surface area contributed by atoms with Crippen molar-refractivity contribution in [3.05, 3.63) is 23.8 Å². The number of carbonyl (C=O) groups is 4. The molecule has 39 heavy (non-hydrogen) atoms. The third kappa shape index (κ3) is 13.3. The van der Waals surface area contributed by atoms with E-state index in [1.807, 2.05) is 13.8 Å². The molecule has 0 aliphatic heterocycles. The van der Waals surface area contributed by atoms with Crippen molar-refractivity contribution in [2.45, 2.75) is 111 Å². The lowest BCUT2D eigenvalue weighted by Gasteiger charge is -2.26. The van der Waals surface area contributed by atoms with Gasteiger partial charge in [-0.05, 0) is 84.9 Å². The molecule has 2 unspecified atom stereocenters. The Bertz CT molecular complexity index is 1010. The van der Waals surface area contributed by atoms with Crippen LogP contribution in [0.15, 0.2) is 18.2 Å². The molecule has 1 rings (SSSR count). The van der Waals surface area contributed by atoms with Crippen LogP contribution < -0.4 is 15.2 Å². The number of hydrogen-bond acceptors (Lipinski definition) is 10. The van der Waals surface area contributed by atoms with Gasteiger partial charge in [-0.15, -0.1) is 0 Å². The summed E-state index contributed by atoms with van der Waals surface area (Å²) in [5.74, 6) is -2.57. The van der Waals surface area contributed by atoms with Crippen LogP contribution in [-0.2, 0) is 23.8 Å². The molecule has 0 amide bonds. The van der Waals surface area contributed by atoms with E-state index in [2.05, 4.69) is 0 Å². The number of carboxylic acid groups (broad SMARTS) is 1. The van der Waals surface area contributed by atoms with E-state index in [0.29, 0.717) is 17.9 Å². The maximum atomic E-state index is 12.4. The summed E-state index contributed by atoms with van der Waals surface area (Å²) in [6, 6.07) is 2.78. The fourth-order valence-corrected chi connectivity index (χ4v) is 3.40. The van der Waals surface area contributed by atoms with Gasteiger partial charge in [0.05, 0.1) is 6.10 Å². The average molecular weight is 554 g/mol. The van der Waals surface area contributed by atoms with Crippen molar-refractivity contribution < 1.29 is 48.0 Å². The zero-order valence-electron chi connectivity index (χ0n) is 24.4. The Hall–Kier alpha value is -3.34. The highest BCUT2D eigenvalue weighted by Gasteiger charge is 2.31. The maximum Gasteiger partial charge on any atom is 0.514 e. The van der Waals surface area contributed by atoms with Crippen LogP contribution in [0, 0.1) is 5.92 Å². The number of carbonyl (C=O) groups excluding carboxylic acids is 3. The highest BCUT2D eigenvalue weighted by Crippen LogP contribution is 2.35. The predicted molar refractivity (Wildman–Crippen MR) is 143 cm³/mol. The lowest BCUT2D eigenvalue weighted by molar-refractivity contribution is -0.149. The molecule has 0 heterocycles. The lowest BCUT2D eigenvalue weighted by Crippen LogP contribution is -2.38. The Morgan fingerprint density at radius 2 is 1.38 bits per heavy atom. The Kier molecular flexibility index (Phi) is 12.2. The summed E-state index contributed by atoms with van der Waals surface area (Å²) >= 11 is 0. The predicted octanol–water partition coefficient (Wildman–Crippen LogP) is 5.57. The fourth-order valence-electron chi connectivity index (χ4n) is 3.40. The molecule has 11 nitrogen and oxygen atoms in total. The molecule has 0 spiro atoms. The van der Waals surface area contributed by atoms with Gasteiger partial charge < -0.3 is 34.5 Å². The highest BCUT2D eigenvalue weighted by molar-refractivity contribution is 5.75. The first kappa shape index (κ1) is 33.7. The second-order valence-corrected chi connectivity index (χ2v) is 11.8. The molecular formula is C28H43NO10. The van der Waals surface area contributed by atoms with Gasteiger partial charge in [-0.3, -0.25) is 9.59 Å². The molecular weight excluding hydrogens is 510 g/mol. The largest absolute Gasteiger partial charge is 0.514 e. The summed E-state index contributed by atoms with van der Waals surface area (Å²) in [5, 5.41) is 9.65. The maximum absolute atomic E-state index is 12.4. The summed E-state index contributed by atoms with van der Waals surface area (Å²) in [4.78, 5) is 48.8. The Labute approximate surface area is 230 Å². The minimum atomic E-state index is -1.38. The zero-order chi connectivity index (χ0) is 30.1. The standard InChI is InChI=1S/C28H43NO10/c1-16(2)10-13-22(30)35-17(3)14-19(23(29)24(31)32)18-11-12-20(36-25(33)38-27(4,5)6)21(15-18)37-26(34)39-28(7,8)9/h11-12,15-17,19,23H,10,13-14,29H2,1-9H3,(H,31,32)/t17?,19?,23-/m0/s1. The Morgan fingerprint density at radius 1 is 0.872 bits per heavy atom. The average Bonchev–Trinajstić information content (AvgIpc) is 2.74. The third-order valence-corrected chi connectivity index (χ3v) is 5.12. The number of carboxylic acids is 1. The van der Waals surface area contributed by atoms with E-state index in [1.54, 1.807) is 48.5 Å². The third-order valence-electron chi connectivity index (χ3n) is 5.12. The van der Waals surface area contributed by atoms with Gasteiger partial charge in [0.15, 0.2) is 11.5 Å². The van der Waals surface area contributed by atoms with Gasteiger partial charge >= 0.3 is 24.2 Å². The van der Waals surface area contributed by atoms with Crippen LogP contribution in [0.4, 0.5) is 9.59 Å². The topological polar surface area (TPSA) is 161 Å². The van der Waals surface area contributed by atoms with Gasteiger partial charge in [0.2, 0.25) is 0 Å². The molecule has 3 atom stereocenters. The molecule has 0 radical (unpaired) electrons. The van der Waals surface area contributed by atoms with Crippen molar-refractivity contribution in [3.8, 4) is 11.5 Å². The van der Waals surface area contributed by atoms with Crippen molar-refractivity contribution in [1.29, 1.82) is 0 Å². The van der Waals surface area contributed by atoms with Crippen molar-refractivity contribution >= 4 is 24.2 Å². The number of nitrogens with two attached hydrogens (primary N) is 1. The van der Waals surface area contributed by atoms with Gasteiger partial charge in [0.25, 0.3) is 0 Å². The monoisotopic (exact) mass is 553 g/mol. The first-order valence-electron chi connectivity index (χ1n) is 12.9. The van der Waals surface area contributed by atoms with E-state index >= 15 is 0 Å². The molecule has 0 aliphatic carbocycles. The first-order valence-corrected chi connectivity index (χ1v) is 12.9. The van der Waals surface area contributed by atoms with Crippen molar-refractivity contribution in [1.82, 2.24) is 0 Å². The number of benzene rings is 1. The first-order chi connectivity index (χ1) is 17.8. The van der Waals surface area contributed by atoms with Crippen LogP contribution >= 0.6 is 0 Å². The molecule has 0 bridgehead atoms. The SMILES string of the molecule is CC(C)CCC(=O)OC(C)CC(c1ccc(OC(=O)OC(C)(C)C)c(OC(=O)OC(C)(C)C)c1)[C@H](N)C(=O)O. The normalized spacial score (nSPS) is 14.1. The van der Waals surface area contributed by atoms with E-state index in [-0.39, 0.29) is 24.3 Å². The van der Waals surface area contributed by atoms with Crippen LogP contribution in [0.1, 0.15) is 93.1 Å². The number of hydrogen-bond donors (Lipinski definition) is 2. The lowest BCUT2D eigenvalue weighted by atomic mass is 9.87. The number of rotatable bonds is 11. The number of aliphatic carboxylic acids is 1.